The summed E-state index contributed by atoms with van der Waals surface area (Å²) in [4.78, 5) is 15.5. The van der Waals surface area contributed by atoms with Crippen molar-refractivity contribution < 1.29 is 13.2 Å². The predicted molar refractivity (Wildman–Crippen MR) is 72.8 cm³/mol. The summed E-state index contributed by atoms with van der Waals surface area (Å²) in [5.41, 5.74) is 0.790. The maximum atomic E-state index is 11.7. The molecule has 1 N–H and O–H groups in total. The minimum absolute atomic E-state index is 0.0187. The summed E-state index contributed by atoms with van der Waals surface area (Å²) < 4.78 is 24.5. The maximum absolute atomic E-state index is 11.7. The summed E-state index contributed by atoms with van der Waals surface area (Å²) in [6.07, 6.45) is 4.27. The van der Waals surface area contributed by atoms with Crippen molar-refractivity contribution in [2.24, 2.45) is 0 Å². The van der Waals surface area contributed by atoms with E-state index in [-0.39, 0.29) is 25.0 Å². The minimum atomic E-state index is -3.44. The fourth-order valence-corrected chi connectivity index (χ4v) is 2.25. The number of pyridine rings is 1. The number of carbonyl (C=O) groups is 1. The summed E-state index contributed by atoms with van der Waals surface area (Å²) >= 11 is 0. The number of hydrogen-bond acceptors (Lipinski definition) is 4. The summed E-state index contributed by atoms with van der Waals surface area (Å²) in [7, 11) is -3.44. The molecule has 0 aliphatic heterocycles. The van der Waals surface area contributed by atoms with Gasteiger partial charge in [-0.15, -0.1) is 0 Å². The van der Waals surface area contributed by atoms with Crippen LogP contribution in [0.25, 0.3) is 0 Å². The van der Waals surface area contributed by atoms with Gasteiger partial charge in [-0.2, -0.15) is 4.31 Å². The molecule has 0 radical (unpaired) electrons. The zero-order valence-corrected chi connectivity index (χ0v) is 12.1. The van der Waals surface area contributed by atoms with E-state index in [1.165, 1.54) is 0 Å². The van der Waals surface area contributed by atoms with E-state index in [0.29, 0.717) is 0 Å². The van der Waals surface area contributed by atoms with Gasteiger partial charge in [0.05, 0.1) is 12.8 Å². The Bertz CT molecular complexity index is 514. The Morgan fingerprint density at radius 1 is 1.37 bits per heavy atom. The molecule has 0 aliphatic carbocycles. The molecule has 1 heterocycles. The first-order valence-corrected chi connectivity index (χ1v) is 7.77. The first-order valence-electron chi connectivity index (χ1n) is 5.92. The van der Waals surface area contributed by atoms with Crippen molar-refractivity contribution in [3.63, 3.8) is 0 Å². The highest BCUT2D eigenvalue weighted by molar-refractivity contribution is 7.88. The molecule has 0 bridgehead atoms. The number of aromatic nitrogens is 1. The van der Waals surface area contributed by atoms with Crippen LogP contribution < -0.4 is 5.32 Å². The molecule has 0 saturated carbocycles. The molecule has 0 aliphatic rings. The van der Waals surface area contributed by atoms with Crippen molar-refractivity contribution in [3.8, 4) is 0 Å². The number of rotatable bonds is 6. The smallest absolute Gasteiger partial charge is 0.235 e. The van der Waals surface area contributed by atoms with Gasteiger partial charge in [-0.3, -0.25) is 9.78 Å². The Balaban J connectivity index is 2.77. The molecular weight excluding hydrogens is 266 g/mol. The number of nitrogens with zero attached hydrogens (tertiary/aromatic N) is 2. The zero-order chi connectivity index (χ0) is 14.5. The summed E-state index contributed by atoms with van der Waals surface area (Å²) in [5, 5.41) is 2.67. The Hall–Kier alpha value is -1.47. The van der Waals surface area contributed by atoms with Gasteiger partial charge in [0.25, 0.3) is 0 Å². The van der Waals surface area contributed by atoms with Gasteiger partial charge in [-0.1, -0.05) is 0 Å². The monoisotopic (exact) mass is 285 g/mol. The van der Waals surface area contributed by atoms with E-state index in [0.717, 1.165) is 16.1 Å². The second kappa shape index (κ2) is 6.63. The molecule has 1 amide bonds. The van der Waals surface area contributed by atoms with Gasteiger partial charge >= 0.3 is 0 Å². The van der Waals surface area contributed by atoms with Crippen molar-refractivity contribution in [1.29, 1.82) is 0 Å². The minimum Gasteiger partial charge on any atom is -0.353 e. The molecule has 1 rings (SSSR count). The molecule has 106 valence electrons. The first-order chi connectivity index (χ1) is 8.79. The van der Waals surface area contributed by atoms with Gasteiger partial charge in [-0.05, 0) is 31.5 Å². The molecule has 0 unspecified atom stereocenters. The van der Waals surface area contributed by atoms with Gasteiger partial charge in [0.15, 0.2) is 0 Å². The highest BCUT2D eigenvalue weighted by Crippen LogP contribution is 2.07. The molecule has 1 aromatic rings. The lowest BCUT2D eigenvalue weighted by Crippen LogP contribution is -2.42. The molecule has 0 saturated heterocycles. The quantitative estimate of drug-likeness (QED) is 0.819. The van der Waals surface area contributed by atoms with Crippen LogP contribution in [0.3, 0.4) is 0 Å². The SMILES string of the molecule is CC(C)NC(=O)CN(Cc1ccncc1)S(C)(=O)=O. The molecule has 0 atom stereocenters. The molecule has 19 heavy (non-hydrogen) atoms. The number of sulfonamides is 1. The van der Waals surface area contributed by atoms with Gasteiger partial charge in [0.1, 0.15) is 0 Å². The third-order valence-electron chi connectivity index (χ3n) is 2.35. The van der Waals surface area contributed by atoms with E-state index in [1.54, 1.807) is 24.5 Å². The third kappa shape index (κ3) is 5.80. The zero-order valence-electron chi connectivity index (χ0n) is 11.3. The van der Waals surface area contributed by atoms with E-state index < -0.39 is 10.0 Å². The van der Waals surface area contributed by atoms with Crippen LogP contribution in [0.5, 0.6) is 0 Å². The van der Waals surface area contributed by atoms with Crippen LogP contribution in [0.15, 0.2) is 24.5 Å². The Morgan fingerprint density at radius 2 is 1.95 bits per heavy atom. The molecular formula is C12H19N3O3S. The molecule has 0 aromatic carbocycles. The van der Waals surface area contributed by atoms with Crippen LogP contribution in [-0.2, 0) is 21.4 Å². The number of hydrogen-bond donors (Lipinski definition) is 1. The van der Waals surface area contributed by atoms with Crippen LogP contribution in [0.2, 0.25) is 0 Å². The van der Waals surface area contributed by atoms with Crippen molar-refractivity contribution in [2.75, 3.05) is 12.8 Å². The number of carbonyl (C=O) groups excluding carboxylic acids is 1. The summed E-state index contributed by atoms with van der Waals surface area (Å²) in [5.74, 6) is -0.311. The van der Waals surface area contributed by atoms with Gasteiger partial charge < -0.3 is 5.32 Å². The first kappa shape index (κ1) is 15.6. The van der Waals surface area contributed by atoms with Gasteiger partial charge in [0, 0.05) is 25.0 Å². The van der Waals surface area contributed by atoms with E-state index in [1.807, 2.05) is 13.8 Å². The standard InChI is InChI=1S/C12H19N3O3S/c1-10(2)14-12(16)9-15(19(3,17)18)8-11-4-6-13-7-5-11/h4-7,10H,8-9H2,1-3H3,(H,14,16). The van der Waals surface area contributed by atoms with Crippen LogP contribution >= 0.6 is 0 Å². The molecule has 1 aromatic heterocycles. The van der Waals surface area contributed by atoms with Gasteiger partial charge in [-0.25, -0.2) is 8.42 Å². The van der Waals surface area contributed by atoms with E-state index in [4.69, 9.17) is 0 Å². The molecule has 6 nitrogen and oxygen atoms in total. The van der Waals surface area contributed by atoms with Crippen LogP contribution in [0.1, 0.15) is 19.4 Å². The van der Waals surface area contributed by atoms with Crippen molar-refractivity contribution >= 4 is 15.9 Å². The average Bonchev–Trinajstić information content (AvgIpc) is 2.27. The van der Waals surface area contributed by atoms with Gasteiger partial charge in [0.2, 0.25) is 15.9 Å². The lowest BCUT2D eigenvalue weighted by Gasteiger charge is -2.20. The molecule has 0 spiro atoms. The largest absolute Gasteiger partial charge is 0.353 e. The topological polar surface area (TPSA) is 79.4 Å². The fraction of sp³-hybridized carbons (Fsp3) is 0.500. The van der Waals surface area contributed by atoms with Crippen LogP contribution in [-0.4, -0.2) is 42.5 Å². The maximum Gasteiger partial charge on any atom is 0.235 e. The normalized spacial score (nSPS) is 11.8. The summed E-state index contributed by atoms with van der Waals surface area (Å²) in [6.45, 7) is 3.63. The van der Waals surface area contributed by atoms with E-state index in [9.17, 15) is 13.2 Å². The van der Waals surface area contributed by atoms with Crippen molar-refractivity contribution in [3.05, 3.63) is 30.1 Å². The Morgan fingerprint density at radius 3 is 2.42 bits per heavy atom. The van der Waals surface area contributed by atoms with E-state index >= 15 is 0 Å². The van der Waals surface area contributed by atoms with Crippen LogP contribution in [0, 0.1) is 0 Å². The van der Waals surface area contributed by atoms with E-state index in [2.05, 4.69) is 10.3 Å². The highest BCUT2D eigenvalue weighted by atomic mass is 32.2. The molecule has 7 heteroatoms. The average molecular weight is 285 g/mol. The number of nitrogens with one attached hydrogen (secondary N) is 1. The fourth-order valence-electron chi connectivity index (χ4n) is 1.51. The highest BCUT2D eigenvalue weighted by Gasteiger charge is 2.20. The number of amides is 1. The Labute approximate surface area is 113 Å². The third-order valence-corrected chi connectivity index (χ3v) is 3.54. The lowest BCUT2D eigenvalue weighted by molar-refractivity contribution is -0.121. The van der Waals surface area contributed by atoms with Crippen molar-refractivity contribution in [1.82, 2.24) is 14.6 Å². The van der Waals surface area contributed by atoms with Crippen molar-refractivity contribution in [2.45, 2.75) is 26.4 Å². The predicted octanol–water partition coefficient (Wildman–Crippen LogP) is 0.368. The second-order valence-electron chi connectivity index (χ2n) is 4.61. The summed E-state index contributed by atoms with van der Waals surface area (Å²) in [6, 6.07) is 3.42. The Kier molecular flexibility index (Phi) is 5.44. The molecule has 0 fully saturated rings. The second-order valence-corrected chi connectivity index (χ2v) is 6.59. The lowest BCUT2D eigenvalue weighted by atomic mass is 10.3. The van der Waals surface area contributed by atoms with Crippen LogP contribution in [0.4, 0.5) is 0 Å².